The Morgan fingerprint density at radius 2 is 2.00 bits per heavy atom. The number of nitriles is 1. The zero-order valence-electron chi connectivity index (χ0n) is 8.40. The van der Waals surface area contributed by atoms with E-state index in [0.717, 1.165) is 16.4 Å². The molecule has 0 saturated heterocycles. The van der Waals surface area contributed by atoms with Crippen molar-refractivity contribution < 1.29 is 4.42 Å². The van der Waals surface area contributed by atoms with Crippen molar-refractivity contribution in [3.8, 4) is 6.07 Å². The van der Waals surface area contributed by atoms with Crippen LogP contribution in [0.2, 0.25) is 0 Å². The van der Waals surface area contributed by atoms with Gasteiger partial charge in [-0.15, -0.1) is 0 Å². The summed E-state index contributed by atoms with van der Waals surface area (Å²) in [6.07, 6.45) is 0. The lowest BCUT2D eigenvalue weighted by molar-refractivity contribution is 0.669. The Morgan fingerprint density at radius 3 is 2.81 bits per heavy atom. The van der Waals surface area contributed by atoms with Crippen molar-refractivity contribution in [2.45, 2.75) is 0 Å². The average Bonchev–Trinajstić information content (AvgIpc) is 2.67. The van der Waals surface area contributed by atoms with Crippen LogP contribution in [-0.4, -0.2) is 0 Å². The van der Waals surface area contributed by atoms with Crippen molar-refractivity contribution in [2.75, 3.05) is 5.73 Å². The van der Waals surface area contributed by atoms with Gasteiger partial charge in [-0.2, -0.15) is 5.26 Å². The molecule has 3 rings (SSSR count). The number of furan rings is 1. The summed E-state index contributed by atoms with van der Waals surface area (Å²) in [5.74, 6) is 0. The number of benzene rings is 2. The number of nitrogens with two attached hydrogens (primary N) is 1. The Morgan fingerprint density at radius 1 is 1.12 bits per heavy atom. The molecule has 0 radical (unpaired) electrons. The molecule has 16 heavy (non-hydrogen) atoms. The van der Waals surface area contributed by atoms with Crippen LogP contribution in [0.1, 0.15) is 5.56 Å². The number of nitrogens with zero attached hydrogens (tertiary/aromatic N) is 1. The fourth-order valence-corrected chi connectivity index (χ4v) is 1.92. The molecule has 0 fully saturated rings. The molecule has 1 heterocycles. The molecule has 2 aromatic carbocycles. The number of nitrogen functional groups attached to an aromatic ring is 1. The minimum absolute atomic E-state index is 0.588. The Hall–Kier alpha value is -2.47. The maximum atomic E-state index is 8.81. The Balaban J connectivity index is 2.53. The van der Waals surface area contributed by atoms with Gasteiger partial charge in [0.1, 0.15) is 11.2 Å². The SMILES string of the molecule is N#Cc1ccc2c(c1)oc1cccc(N)c12. The summed E-state index contributed by atoms with van der Waals surface area (Å²) in [4.78, 5) is 0. The molecule has 0 aliphatic rings. The van der Waals surface area contributed by atoms with Crippen LogP contribution in [0.25, 0.3) is 21.9 Å². The number of hydrogen-bond acceptors (Lipinski definition) is 3. The van der Waals surface area contributed by atoms with Crippen molar-refractivity contribution in [1.29, 1.82) is 5.26 Å². The average molecular weight is 208 g/mol. The highest BCUT2D eigenvalue weighted by Crippen LogP contribution is 2.32. The summed E-state index contributed by atoms with van der Waals surface area (Å²) in [5.41, 5.74) is 8.65. The minimum atomic E-state index is 0.588. The van der Waals surface area contributed by atoms with Gasteiger partial charge < -0.3 is 10.2 Å². The third kappa shape index (κ3) is 1.07. The predicted octanol–water partition coefficient (Wildman–Crippen LogP) is 3.04. The van der Waals surface area contributed by atoms with Crippen molar-refractivity contribution in [1.82, 2.24) is 0 Å². The highest BCUT2D eigenvalue weighted by molar-refractivity contribution is 6.10. The molecule has 0 aliphatic carbocycles. The molecule has 0 aliphatic heterocycles. The van der Waals surface area contributed by atoms with Gasteiger partial charge in [-0.1, -0.05) is 6.07 Å². The second-order valence-corrected chi connectivity index (χ2v) is 3.65. The smallest absolute Gasteiger partial charge is 0.137 e. The van der Waals surface area contributed by atoms with Crippen LogP contribution < -0.4 is 5.73 Å². The topological polar surface area (TPSA) is 63.0 Å². The van der Waals surface area contributed by atoms with E-state index in [9.17, 15) is 0 Å². The molecule has 0 amide bonds. The Kier molecular flexibility index (Phi) is 1.66. The molecule has 1 aromatic heterocycles. The first-order valence-corrected chi connectivity index (χ1v) is 4.90. The van der Waals surface area contributed by atoms with E-state index in [2.05, 4.69) is 6.07 Å². The van der Waals surface area contributed by atoms with Gasteiger partial charge in [-0.25, -0.2) is 0 Å². The fourth-order valence-electron chi connectivity index (χ4n) is 1.92. The van der Waals surface area contributed by atoms with Crippen LogP contribution in [0.5, 0.6) is 0 Å². The molecular formula is C13H8N2O. The van der Waals surface area contributed by atoms with E-state index >= 15 is 0 Å². The van der Waals surface area contributed by atoms with E-state index in [-0.39, 0.29) is 0 Å². The molecule has 0 unspecified atom stereocenters. The molecule has 0 atom stereocenters. The van der Waals surface area contributed by atoms with E-state index in [1.54, 1.807) is 12.1 Å². The minimum Gasteiger partial charge on any atom is -0.456 e. The van der Waals surface area contributed by atoms with Gasteiger partial charge in [0.15, 0.2) is 0 Å². The summed E-state index contributed by atoms with van der Waals surface area (Å²) in [5, 5.41) is 10.7. The van der Waals surface area contributed by atoms with Gasteiger partial charge in [0, 0.05) is 11.1 Å². The summed E-state index contributed by atoms with van der Waals surface area (Å²) < 4.78 is 5.64. The van der Waals surface area contributed by atoms with E-state index in [0.29, 0.717) is 16.8 Å². The summed E-state index contributed by atoms with van der Waals surface area (Å²) in [7, 11) is 0. The van der Waals surface area contributed by atoms with Gasteiger partial charge in [0.05, 0.1) is 17.0 Å². The van der Waals surface area contributed by atoms with Gasteiger partial charge >= 0.3 is 0 Å². The van der Waals surface area contributed by atoms with Crippen LogP contribution in [-0.2, 0) is 0 Å². The number of rotatable bonds is 0. The first-order chi connectivity index (χ1) is 7.79. The summed E-state index contributed by atoms with van der Waals surface area (Å²) in [6.45, 7) is 0. The van der Waals surface area contributed by atoms with Gasteiger partial charge in [0.2, 0.25) is 0 Å². The van der Waals surface area contributed by atoms with Gasteiger partial charge in [-0.05, 0) is 30.3 Å². The van der Waals surface area contributed by atoms with Crippen LogP contribution in [0.4, 0.5) is 5.69 Å². The third-order valence-electron chi connectivity index (χ3n) is 2.66. The molecule has 0 saturated carbocycles. The maximum Gasteiger partial charge on any atom is 0.137 e. The number of anilines is 1. The zero-order chi connectivity index (χ0) is 11.1. The zero-order valence-corrected chi connectivity index (χ0v) is 8.40. The summed E-state index contributed by atoms with van der Waals surface area (Å²) in [6, 6.07) is 13.0. The second-order valence-electron chi connectivity index (χ2n) is 3.65. The largest absolute Gasteiger partial charge is 0.456 e. The first-order valence-electron chi connectivity index (χ1n) is 4.90. The van der Waals surface area contributed by atoms with E-state index < -0.39 is 0 Å². The highest BCUT2D eigenvalue weighted by Gasteiger charge is 2.09. The lowest BCUT2D eigenvalue weighted by Gasteiger charge is -1.94. The fraction of sp³-hybridized carbons (Fsp3) is 0. The number of hydrogen-bond donors (Lipinski definition) is 1. The van der Waals surface area contributed by atoms with Crippen molar-refractivity contribution in [3.05, 3.63) is 42.0 Å². The summed E-state index contributed by atoms with van der Waals surface area (Å²) >= 11 is 0. The second kappa shape index (κ2) is 3.01. The van der Waals surface area contributed by atoms with E-state index in [4.69, 9.17) is 15.4 Å². The molecule has 3 heteroatoms. The Bertz CT molecular complexity index is 735. The van der Waals surface area contributed by atoms with E-state index in [1.807, 2.05) is 24.3 Å². The van der Waals surface area contributed by atoms with Gasteiger partial charge in [-0.3, -0.25) is 0 Å². The van der Waals surface area contributed by atoms with Crippen LogP contribution >= 0.6 is 0 Å². The standard InChI is InChI=1S/C13H8N2O/c14-7-8-4-5-9-12(6-8)16-11-3-1-2-10(15)13(9)11/h1-6H,15H2. The van der Waals surface area contributed by atoms with Gasteiger partial charge in [0.25, 0.3) is 0 Å². The normalized spacial score (nSPS) is 10.7. The van der Waals surface area contributed by atoms with E-state index in [1.165, 1.54) is 0 Å². The predicted molar refractivity (Wildman–Crippen MR) is 62.8 cm³/mol. The maximum absolute atomic E-state index is 8.81. The molecule has 3 nitrogen and oxygen atoms in total. The van der Waals surface area contributed by atoms with Crippen LogP contribution in [0, 0.1) is 11.3 Å². The monoisotopic (exact) mass is 208 g/mol. The van der Waals surface area contributed by atoms with Crippen molar-refractivity contribution in [2.24, 2.45) is 0 Å². The van der Waals surface area contributed by atoms with Crippen LogP contribution in [0.3, 0.4) is 0 Å². The lowest BCUT2D eigenvalue weighted by atomic mass is 10.1. The third-order valence-corrected chi connectivity index (χ3v) is 2.66. The van der Waals surface area contributed by atoms with Crippen molar-refractivity contribution >= 4 is 27.6 Å². The molecule has 0 bridgehead atoms. The quantitative estimate of drug-likeness (QED) is 0.577. The first kappa shape index (κ1) is 8.81. The molecule has 0 spiro atoms. The number of fused-ring (bicyclic) bond motifs is 3. The molecular weight excluding hydrogens is 200 g/mol. The molecule has 3 aromatic rings. The molecule has 76 valence electrons. The van der Waals surface area contributed by atoms with Crippen molar-refractivity contribution in [3.63, 3.8) is 0 Å². The Labute approximate surface area is 91.7 Å². The molecule has 2 N–H and O–H groups in total. The van der Waals surface area contributed by atoms with Crippen LogP contribution in [0.15, 0.2) is 40.8 Å². The highest BCUT2D eigenvalue weighted by atomic mass is 16.3. The lowest BCUT2D eigenvalue weighted by Crippen LogP contribution is -1.83.